The van der Waals surface area contributed by atoms with Gasteiger partial charge in [-0.1, -0.05) is 6.07 Å². The Morgan fingerprint density at radius 3 is 2.83 bits per heavy atom. The average molecular weight is 324 g/mol. The number of H-pyrrole nitrogens is 1. The molecule has 0 bridgehead atoms. The molecule has 0 spiro atoms. The number of nitrogens with zero attached hydrogens (tertiary/aromatic N) is 4. The summed E-state index contributed by atoms with van der Waals surface area (Å²) in [5.41, 5.74) is 9.53. The number of nitrogen functional groups attached to an aromatic ring is 1. The summed E-state index contributed by atoms with van der Waals surface area (Å²) < 4.78 is 0. The molecule has 3 heterocycles. The molecule has 3 N–H and O–H groups in total. The molecule has 24 heavy (non-hydrogen) atoms. The van der Waals surface area contributed by atoms with Crippen molar-refractivity contribution in [1.82, 2.24) is 19.9 Å². The van der Waals surface area contributed by atoms with Crippen LogP contribution in [0.25, 0.3) is 22.6 Å². The number of benzene rings is 1. The van der Waals surface area contributed by atoms with Crippen molar-refractivity contribution < 1.29 is 6.22 Å². The summed E-state index contributed by atoms with van der Waals surface area (Å²) >= 11 is 0. The van der Waals surface area contributed by atoms with Crippen LogP contribution in [0.3, 0.4) is 0 Å². The number of carbonyl (C=O) groups is 1. The number of hydrogen-bond acceptors (Lipinski definition) is 6. The lowest BCUT2D eigenvalue weighted by molar-refractivity contribution is -0.119. The Morgan fingerprint density at radius 1 is 1.25 bits per heavy atom. The lowest BCUT2D eigenvalue weighted by Gasteiger charge is -2.27. The van der Waals surface area contributed by atoms with Crippen molar-refractivity contribution >= 4 is 28.5 Å². The van der Waals surface area contributed by atoms with Gasteiger partial charge >= 0.3 is 0 Å². The molecule has 124 valence electrons. The van der Waals surface area contributed by atoms with Gasteiger partial charge in [-0.25, -0.2) is 15.0 Å². The number of imidazole rings is 1. The van der Waals surface area contributed by atoms with Crippen LogP contribution in [0.5, 0.6) is 0 Å². The van der Waals surface area contributed by atoms with Crippen molar-refractivity contribution in [3.63, 3.8) is 0 Å². The number of aromatic amines is 1. The Kier molecular flexibility index (Phi) is 3.41. The summed E-state index contributed by atoms with van der Waals surface area (Å²) in [5.74, 6) is 1.96. The number of fused-ring (bicyclic) bond motifs is 1. The monoisotopic (exact) mass is 324 g/mol. The number of piperidine rings is 1. The molecule has 0 aliphatic carbocycles. The van der Waals surface area contributed by atoms with E-state index in [1.54, 1.807) is 6.20 Å². The highest BCUT2D eigenvalue weighted by Crippen LogP contribution is 2.26. The number of hydrogen-bond donors (Lipinski definition) is 2. The Labute approximate surface area is 140 Å². The molecule has 7 nitrogen and oxygen atoms in total. The zero-order chi connectivity index (χ0) is 16.7. The molecular formula is C17H20N6O. The first-order valence-corrected chi connectivity index (χ1v) is 7.96. The predicted octanol–water partition coefficient (Wildman–Crippen LogP) is 2.33. The number of nitrogens with two attached hydrogens (primary N) is 1. The van der Waals surface area contributed by atoms with E-state index in [-0.39, 0.29) is 1.43 Å². The zero-order valence-electron chi connectivity index (χ0n) is 13.4. The lowest BCUT2D eigenvalue weighted by Crippen LogP contribution is -2.34. The predicted molar refractivity (Wildman–Crippen MR) is 94.8 cm³/mol. The van der Waals surface area contributed by atoms with E-state index in [0.29, 0.717) is 49.1 Å². The van der Waals surface area contributed by atoms with Crippen LogP contribution in [-0.4, -0.2) is 38.8 Å². The molecule has 1 aliphatic heterocycles. The zero-order valence-corrected chi connectivity index (χ0v) is 13.4. The third-order valence-electron chi connectivity index (χ3n) is 4.29. The maximum absolute atomic E-state index is 11.4. The largest absolute Gasteiger partial charge is 0.382 e. The van der Waals surface area contributed by atoms with Gasteiger partial charge in [-0.3, -0.25) is 4.79 Å². The van der Waals surface area contributed by atoms with Gasteiger partial charge < -0.3 is 15.6 Å². The Hall–Kier alpha value is -2.96. The third kappa shape index (κ3) is 2.58. The molecule has 2 aromatic heterocycles. The van der Waals surface area contributed by atoms with E-state index in [2.05, 4.69) is 24.8 Å². The molecular weight excluding hydrogens is 304 g/mol. The molecule has 0 atom stereocenters. The standard InChI is InChI=1S/C17H18N6O.H2/c1-10-2-3-12-13(8-10)21-17(20-12)15-16(18)19-9-14(22-15)23-6-4-11(24)5-7-23;/h2-3,8-9H,4-7H2,1H3,(H2,18,19)(H,20,21);1H. The third-order valence-corrected chi connectivity index (χ3v) is 4.29. The fourth-order valence-corrected chi connectivity index (χ4v) is 2.94. The molecule has 0 radical (unpaired) electrons. The second-order valence-corrected chi connectivity index (χ2v) is 6.09. The molecule has 3 aromatic rings. The molecule has 1 fully saturated rings. The summed E-state index contributed by atoms with van der Waals surface area (Å²) in [5, 5.41) is 0. The second kappa shape index (κ2) is 5.59. The highest BCUT2D eigenvalue weighted by molar-refractivity contribution is 5.82. The van der Waals surface area contributed by atoms with E-state index < -0.39 is 0 Å². The van der Waals surface area contributed by atoms with E-state index >= 15 is 0 Å². The summed E-state index contributed by atoms with van der Waals surface area (Å²) in [4.78, 5) is 30.2. The highest BCUT2D eigenvalue weighted by Gasteiger charge is 2.20. The Bertz CT molecular complexity index is 928. The first kappa shape index (κ1) is 14.6. The van der Waals surface area contributed by atoms with E-state index in [1.165, 1.54) is 0 Å². The topological polar surface area (TPSA) is 101 Å². The van der Waals surface area contributed by atoms with Gasteiger partial charge in [0.05, 0.1) is 17.2 Å². The van der Waals surface area contributed by atoms with Gasteiger partial charge in [0.15, 0.2) is 17.3 Å². The van der Waals surface area contributed by atoms with Crippen molar-refractivity contribution in [2.45, 2.75) is 19.8 Å². The van der Waals surface area contributed by atoms with E-state index in [4.69, 9.17) is 5.73 Å². The van der Waals surface area contributed by atoms with Crippen LogP contribution in [-0.2, 0) is 4.79 Å². The fourth-order valence-electron chi connectivity index (χ4n) is 2.94. The second-order valence-electron chi connectivity index (χ2n) is 6.09. The molecule has 0 saturated carbocycles. The molecule has 1 aliphatic rings. The maximum Gasteiger partial charge on any atom is 0.161 e. The molecule has 1 saturated heterocycles. The Balaban J connectivity index is 0.00000182. The van der Waals surface area contributed by atoms with Crippen molar-refractivity contribution in [2.24, 2.45) is 0 Å². The fraction of sp³-hybridized carbons (Fsp3) is 0.294. The Morgan fingerprint density at radius 2 is 2.04 bits per heavy atom. The number of Topliss-reactive ketones (excluding diaryl/α,β-unsaturated/α-hetero) is 1. The van der Waals surface area contributed by atoms with Crippen LogP contribution in [0.4, 0.5) is 11.6 Å². The van der Waals surface area contributed by atoms with Gasteiger partial charge in [-0.15, -0.1) is 0 Å². The maximum atomic E-state index is 11.4. The van der Waals surface area contributed by atoms with Gasteiger partial charge in [0.1, 0.15) is 11.6 Å². The number of aryl methyl sites for hydroxylation is 1. The van der Waals surface area contributed by atoms with Gasteiger partial charge in [0.25, 0.3) is 0 Å². The van der Waals surface area contributed by atoms with Crippen molar-refractivity contribution in [3.8, 4) is 11.5 Å². The smallest absolute Gasteiger partial charge is 0.161 e. The quantitative estimate of drug-likeness (QED) is 0.750. The van der Waals surface area contributed by atoms with E-state index in [1.807, 2.05) is 25.1 Å². The first-order valence-electron chi connectivity index (χ1n) is 7.96. The molecule has 7 heteroatoms. The van der Waals surface area contributed by atoms with E-state index in [0.717, 1.165) is 22.4 Å². The normalized spacial score (nSPS) is 15.2. The number of nitrogens with one attached hydrogen (secondary N) is 1. The van der Waals surface area contributed by atoms with Crippen LogP contribution in [0.1, 0.15) is 19.8 Å². The summed E-state index contributed by atoms with van der Waals surface area (Å²) in [6.45, 7) is 3.36. The van der Waals surface area contributed by atoms with Crippen LogP contribution in [0, 0.1) is 6.92 Å². The van der Waals surface area contributed by atoms with Crippen LogP contribution in [0.15, 0.2) is 24.4 Å². The first-order chi connectivity index (χ1) is 11.6. The SMILES string of the molecule is Cc1ccc2nc(-c3nc(N4CCC(=O)CC4)cnc3N)[nH]c2c1.[HH]. The highest BCUT2D eigenvalue weighted by atomic mass is 16.1. The molecule has 0 amide bonds. The van der Waals surface area contributed by atoms with Crippen molar-refractivity contribution in [1.29, 1.82) is 0 Å². The number of rotatable bonds is 2. The van der Waals surface area contributed by atoms with Gasteiger partial charge in [0, 0.05) is 27.4 Å². The lowest BCUT2D eigenvalue weighted by atomic mass is 10.1. The number of aromatic nitrogens is 4. The van der Waals surface area contributed by atoms with E-state index in [9.17, 15) is 4.79 Å². The van der Waals surface area contributed by atoms with Crippen molar-refractivity contribution in [2.75, 3.05) is 23.7 Å². The van der Waals surface area contributed by atoms with Crippen molar-refractivity contribution in [3.05, 3.63) is 30.0 Å². The molecule has 0 unspecified atom stereocenters. The average Bonchev–Trinajstić information content (AvgIpc) is 2.99. The number of anilines is 2. The molecule has 1 aromatic carbocycles. The minimum Gasteiger partial charge on any atom is -0.382 e. The van der Waals surface area contributed by atoms with Crippen LogP contribution < -0.4 is 10.6 Å². The number of carbonyl (C=O) groups excluding carboxylic acids is 1. The molecule has 4 rings (SSSR count). The summed E-state index contributed by atoms with van der Waals surface area (Å²) in [6, 6.07) is 6.02. The number of ketones is 1. The van der Waals surface area contributed by atoms with Gasteiger partial charge in [0.2, 0.25) is 0 Å². The minimum absolute atomic E-state index is 0. The van der Waals surface area contributed by atoms with Crippen LogP contribution in [0.2, 0.25) is 0 Å². The summed E-state index contributed by atoms with van der Waals surface area (Å²) in [7, 11) is 0. The summed E-state index contributed by atoms with van der Waals surface area (Å²) in [6.07, 6.45) is 2.75. The van der Waals surface area contributed by atoms with Crippen LogP contribution >= 0.6 is 0 Å². The van der Waals surface area contributed by atoms with Gasteiger partial charge in [-0.2, -0.15) is 0 Å². The van der Waals surface area contributed by atoms with Gasteiger partial charge in [-0.05, 0) is 24.6 Å². The minimum atomic E-state index is 0.